The first kappa shape index (κ1) is 32.1. The van der Waals surface area contributed by atoms with Crippen molar-refractivity contribution in [3.8, 4) is 5.75 Å². The topological polar surface area (TPSA) is 187 Å². The number of aromatic amines is 1. The molecule has 0 aliphatic rings. The lowest BCUT2D eigenvalue weighted by Crippen LogP contribution is -2.58. The summed E-state index contributed by atoms with van der Waals surface area (Å²) in [5, 5.41) is 27.8. The molecule has 3 aromatic carbocycles. The van der Waals surface area contributed by atoms with Gasteiger partial charge in [-0.2, -0.15) is 12.6 Å². The van der Waals surface area contributed by atoms with Gasteiger partial charge in [0.25, 0.3) is 0 Å². The minimum Gasteiger partial charge on any atom is -0.508 e. The van der Waals surface area contributed by atoms with Crippen LogP contribution in [-0.2, 0) is 38.4 Å². The van der Waals surface area contributed by atoms with Gasteiger partial charge in [-0.3, -0.25) is 14.4 Å². The van der Waals surface area contributed by atoms with Crippen molar-refractivity contribution in [1.82, 2.24) is 20.9 Å². The van der Waals surface area contributed by atoms with Crippen LogP contribution < -0.4 is 21.7 Å². The van der Waals surface area contributed by atoms with Crippen LogP contribution in [0.5, 0.6) is 5.75 Å². The molecular formula is C32H35N5O6S. The number of hydrogen-bond donors (Lipinski definition) is 8. The summed E-state index contributed by atoms with van der Waals surface area (Å²) in [6.45, 7) is 0. The number of carboxylic acids is 1. The molecule has 4 unspecified atom stereocenters. The van der Waals surface area contributed by atoms with Crippen LogP contribution in [0.2, 0.25) is 0 Å². The fourth-order valence-electron chi connectivity index (χ4n) is 4.78. The van der Waals surface area contributed by atoms with E-state index in [-0.39, 0.29) is 30.8 Å². The number of H-pyrrole nitrogens is 1. The highest BCUT2D eigenvalue weighted by atomic mass is 32.1. The third kappa shape index (κ3) is 8.62. The lowest BCUT2D eigenvalue weighted by Gasteiger charge is -2.25. The van der Waals surface area contributed by atoms with Crippen molar-refractivity contribution in [1.29, 1.82) is 0 Å². The zero-order valence-corrected chi connectivity index (χ0v) is 24.7. The molecule has 4 aromatic rings. The second kappa shape index (κ2) is 15.1. The van der Waals surface area contributed by atoms with Crippen LogP contribution in [0, 0.1) is 0 Å². The van der Waals surface area contributed by atoms with Crippen LogP contribution >= 0.6 is 12.6 Å². The fraction of sp³-hybridized carbons (Fsp3) is 0.250. The van der Waals surface area contributed by atoms with E-state index in [4.69, 9.17) is 5.73 Å². The summed E-state index contributed by atoms with van der Waals surface area (Å²) in [6.07, 6.45) is 2.06. The number of nitrogens with one attached hydrogen (secondary N) is 4. The van der Waals surface area contributed by atoms with E-state index in [1.807, 2.05) is 42.5 Å². The third-order valence-electron chi connectivity index (χ3n) is 7.17. The largest absolute Gasteiger partial charge is 0.508 e. The summed E-state index contributed by atoms with van der Waals surface area (Å²) in [6, 6.07) is 18.3. The minimum atomic E-state index is -1.27. The van der Waals surface area contributed by atoms with Crippen molar-refractivity contribution in [2.45, 2.75) is 43.4 Å². The number of carbonyl (C=O) groups is 4. The predicted octanol–water partition coefficient (Wildman–Crippen LogP) is 1.70. The van der Waals surface area contributed by atoms with Gasteiger partial charge in [-0.25, -0.2) is 4.79 Å². The average Bonchev–Trinajstić information content (AvgIpc) is 3.43. The summed E-state index contributed by atoms with van der Waals surface area (Å²) >= 11 is 4.03. The van der Waals surface area contributed by atoms with E-state index in [2.05, 4.69) is 33.6 Å². The minimum absolute atomic E-state index is 0.0485. The van der Waals surface area contributed by atoms with Gasteiger partial charge >= 0.3 is 5.97 Å². The predicted molar refractivity (Wildman–Crippen MR) is 169 cm³/mol. The molecule has 0 aliphatic heterocycles. The molecule has 0 spiro atoms. The molecule has 4 atom stereocenters. The van der Waals surface area contributed by atoms with Gasteiger partial charge in [0.2, 0.25) is 17.7 Å². The van der Waals surface area contributed by atoms with Crippen LogP contribution in [0.3, 0.4) is 0 Å². The van der Waals surface area contributed by atoms with Crippen LogP contribution in [0.4, 0.5) is 0 Å². The molecule has 0 radical (unpaired) electrons. The van der Waals surface area contributed by atoms with E-state index in [0.29, 0.717) is 0 Å². The molecule has 0 bridgehead atoms. The highest BCUT2D eigenvalue weighted by molar-refractivity contribution is 7.80. The van der Waals surface area contributed by atoms with Gasteiger partial charge in [-0.05, 0) is 41.3 Å². The number of fused-ring (bicyclic) bond motifs is 1. The van der Waals surface area contributed by atoms with Gasteiger partial charge in [0.1, 0.15) is 23.9 Å². The fourth-order valence-corrected chi connectivity index (χ4v) is 5.02. The number of aromatic hydroxyl groups is 1. The standard InChI is InChI=1S/C32H35N5O6S/c33-24(14-20-10-12-22(38)13-11-20)29(39)35-26(15-19-6-2-1-3-7-19)30(40)36-27(31(41)37-28(18-44)32(42)43)16-21-17-34-25-9-5-4-8-23(21)25/h1-13,17,24,26-28,34,38,44H,14-16,18,33H2,(H,35,39)(H,36,40)(H,37,41)(H,42,43). The molecule has 1 heterocycles. The summed E-state index contributed by atoms with van der Waals surface area (Å²) in [7, 11) is 0. The molecular weight excluding hydrogens is 582 g/mol. The number of carboxylic acid groups (broad SMARTS) is 1. The molecule has 44 heavy (non-hydrogen) atoms. The Bertz CT molecular complexity index is 1590. The Hall–Kier alpha value is -4.81. The van der Waals surface area contributed by atoms with E-state index in [1.54, 1.807) is 30.5 Å². The Labute approximate surface area is 259 Å². The zero-order valence-electron chi connectivity index (χ0n) is 23.8. The van der Waals surface area contributed by atoms with Crippen LogP contribution in [0.15, 0.2) is 85.1 Å². The van der Waals surface area contributed by atoms with Crippen LogP contribution in [0.1, 0.15) is 16.7 Å². The highest BCUT2D eigenvalue weighted by Gasteiger charge is 2.31. The SMILES string of the molecule is NC(Cc1ccc(O)cc1)C(=O)NC(Cc1ccccc1)C(=O)NC(Cc1c[nH]c2ccccc12)C(=O)NC(CS)C(=O)O. The van der Waals surface area contributed by atoms with E-state index >= 15 is 0 Å². The number of aromatic nitrogens is 1. The maximum Gasteiger partial charge on any atom is 0.327 e. The normalized spacial score (nSPS) is 13.8. The van der Waals surface area contributed by atoms with Crippen molar-refractivity contribution in [2.75, 3.05) is 5.75 Å². The molecule has 1 aromatic heterocycles. The molecule has 3 amide bonds. The number of carbonyl (C=O) groups excluding carboxylic acids is 3. The summed E-state index contributed by atoms with van der Waals surface area (Å²) in [5.41, 5.74) is 9.24. The third-order valence-corrected chi connectivity index (χ3v) is 7.54. The van der Waals surface area contributed by atoms with E-state index < -0.39 is 47.9 Å². The number of hydrogen-bond acceptors (Lipinski definition) is 7. The lowest BCUT2D eigenvalue weighted by molar-refractivity contribution is -0.141. The van der Waals surface area contributed by atoms with Crippen molar-refractivity contribution >= 4 is 47.2 Å². The number of thiol groups is 1. The number of amides is 3. The Morgan fingerprint density at radius 3 is 1.95 bits per heavy atom. The zero-order chi connectivity index (χ0) is 31.6. The first-order chi connectivity index (χ1) is 21.1. The van der Waals surface area contributed by atoms with E-state index in [0.717, 1.165) is 27.6 Å². The molecule has 11 nitrogen and oxygen atoms in total. The Morgan fingerprint density at radius 2 is 1.30 bits per heavy atom. The van der Waals surface area contributed by atoms with E-state index in [1.165, 1.54) is 12.1 Å². The number of rotatable bonds is 14. The number of aliphatic carboxylic acids is 1. The maximum atomic E-state index is 13.8. The van der Waals surface area contributed by atoms with Gasteiger partial charge < -0.3 is 36.9 Å². The molecule has 8 N–H and O–H groups in total. The molecule has 0 saturated carbocycles. The van der Waals surface area contributed by atoms with Gasteiger partial charge in [0.15, 0.2) is 0 Å². The summed E-state index contributed by atoms with van der Waals surface area (Å²) in [5.74, 6) is -3.26. The Kier molecular flexibility index (Phi) is 11.0. The summed E-state index contributed by atoms with van der Waals surface area (Å²) in [4.78, 5) is 55.1. The van der Waals surface area contributed by atoms with Gasteiger partial charge in [-0.1, -0.05) is 60.7 Å². The van der Waals surface area contributed by atoms with E-state index in [9.17, 15) is 29.4 Å². The average molecular weight is 618 g/mol. The maximum absolute atomic E-state index is 13.8. The van der Waals surface area contributed by atoms with Crippen LogP contribution in [0.25, 0.3) is 10.9 Å². The Morgan fingerprint density at radius 1 is 0.727 bits per heavy atom. The smallest absolute Gasteiger partial charge is 0.327 e. The van der Waals surface area contributed by atoms with Gasteiger partial charge in [0, 0.05) is 35.7 Å². The first-order valence-electron chi connectivity index (χ1n) is 14.0. The molecule has 0 saturated heterocycles. The first-order valence-corrected chi connectivity index (χ1v) is 14.6. The highest BCUT2D eigenvalue weighted by Crippen LogP contribution is 2.19. The van der Waals surface area contributed by atoms with Crippen LogP contribution in [-0.4, -0.2) is 68.8 Å². The van der Waals surface area contributed by atoms with Crippen molar-refractivity contribution in [2.24, 2.45) is 5.73 Å². The second-order valence-corrected chi connectivity index (χ2v) is 10.8. The van der Waals surface area contributed by atoms with Gasteiger partial charge in [0.05, 0.1) is 6.04 Å². The van der Waals surface area contributed by atoms with Crippen molar-refractivity contribution in [3.63, 3.8) is 0 Å². The molecule has 0 fully saturated rings. The Balaban J connectivity index is 1.57. The molecule has 12 heteroatoms. The lowest BCUT2D eigenvalue weighted by atomic mass is 10.0. The van der Waals surface area contributed by atoms with Gasteiger partial charge in [-0.15, -0.1) is 0 Å². The number of benzene rings is 3. The van der Waals surface area contributed by atoms with Crippen molar-refractivity contribution in [3.05, 3.63) is 102 Å². The quantitative estimate of drug-likeness (QED) is 0.0989. The molecule has 0 aliphatic carbocycles. The number of para-hydroxylation sites is 1. The molecule has 4 rings (SSSR count). The number of phenolic OH excluding ortho intramolecular Hbond substituents is 1. The molecule has 230 valence electrons. The van der Waals surface area contributed by atoms with Crippen molar-refractivity contribution < 1.29 is 29.4 Å². The number of nitrogens with two attached hydrogens (primary N) is 1. The summed E-state index contributed by atoms with van der Waals surface area (Å²) < 4.78 is 0. The monoisotopic (exact) mass is 617 g/mol. The number of phenols is 1. The second-order valence-electron chi connectivity index (χ2n) is 10.4.